The van der Waals surface area contributed by atoms with Gasteiger partial charge in [-0.15, -0.1) is 0 Å². The van der Waals surface area contributed by atoms with Crippen molar-refractivity contribution in [1.82, 2.24) is 0 Å². The van der Waals surface area contributed by atoms with Gasteiger partial charge in [0.1, 0.15) is 17.2 Å². The van der Waals surface area contributed by atoms with Crippen molar-refractivity contribution in [1.29, 1.82) is 0 Å². The molecule has 3 aromatic rings. The first-order valence-corrected chi connectivity index (χ1v) is 11.3. The smallest absolute Gasteiger partial charge is 0.265 e. The van der Waals surface area contributed by atoms with E-state index in [2.05, 4.69) is 5.32 Å². The zero-order valence-electron chi connectivity index (χ0n) is 19.4. The fraction of sp³-hybridized carbons (Fsp3) is 0.259. The van der Waals surface area contributed by atoms with E-state index in [1.165, 1.54) is 0 Å². The molecule has 0 bridgehead atoms. The lowest BCUT2D eigenvalue weighted by molar-refractivity contribution is -0.121. The number of unbranched alkanes of at least 4 members (excludes halogenated alkanes) is 1. The van der Waals surface area contributed by atoms with E-state index in [1.807, 2.05) is 31.2 Å². The van der Waals surface area contributed by atoms with Gasteiger partial charge in [0.15, 0.2) is 6.61 Å². The molecular weight excluding hydrogens is 432 g/mol. The van der Waals surface area contributed by atoms with Gasteiger partial charge in [0.05, 0.1) is 19.4 Å². The molecule has 1 aliphatic rings. The van der Waals surface area contributed by atoms with Gasteiger partial charge in [0, 0.05) is 17.8 Å². The van der Waals surface area contributed by atoms with Crippen LogP contribution in [0.15, 0.2) is 66.7 Å². The minimum atomic E-state index is -0.245. The van der Waals surface area contributed by atoms with Crippen LogP contribution < -0.4 is 24.4 Å². The Labute approximate surface area is 199 Å². The lowest BCUT2D eigenvalue weighted by atomic mass is 10.1. The molecular formula is C27H28N2O5. The lowest BCUT2D eigenvalue weighted by Crippen LogP contribution is -2.39. The van der Waals surface area contributed by atoms with Crippen molar-refractivity contribution >= 4 is 23.2 Å². The summed E-state index contributed by atoms with van der Waals surface area (Å²) in [6.45, 7) is 3.14. The number of rotatable bonds is 9. The minimum Gasteiger partial charge on any atom is -0.497 e. The van der Waals surface area contributed by atoms with Crippen molar-refractivity contribution in [3.8, 4) is 17.2 Å². The largest absolute Gasteiger partial charge is 0.497 e. The standard InChI is InChI=1S/C27H28N2O5/c1-19-7-3-4-8-24(19)33-16-6-5-15-29-23-17-21(11-14-25(23)34-18-26(29)30)28-27(31)20-9-12-22(32-2)13-10-20/h3-4,7-14,17H,5-6,15-16,18H2,1-2H3,(H,28,31). The number of carbonyl (C=O) groups excluding carboxylic acids is 2. The summed E-state index contributed by atoms with van der Waals surface area (Å²) in [4.78, 5) is 26.9. The Hall–Kier alpha value is -4.00. The second kappa shape index (κ2) is 10.7. The van der Waals surface area contributed by atoms with Gasteiger partial charge in [-0.05, 0) is 73.9 Å². The van der Waals surface area contributed by atoms with Crippen molar-refractivity contribution in [2.45, 2.75) is 19.8 Å². The quantitative estimate of drug-likeness (QED) is 0.463. The minimum absolute atomic E-state index is 0.00423. The number of para-hydroxylation sites is 1. The number of nitrogens with one attached hydrogen (secondary N) is 1. The van der Waals surface area contributed by atoms with E-state index >= 15 is 0 Å². The molecule has 0 aromatic heterocycles. The van der Waals surface area contributed by atoms with Crippen LogP contribution in [0.2, 0.25) is 0 Å². The molecule has 1 heterocycles. The summed E-state index contributed by atoms with van der Waals surface area (Å²) in [5.74, 6) is 1.84. The number of nitrogens with zero attached hydrogens (tertiary/aromatic N) is 1. The average molecular weight is 461 g/mol. The lowest BCUT2D eigenvalue weighted by Gasteiger charge is -2.30. The van der Waals surface area contributed by atoms with E-state index in [4.69, 9.17) is 14.2 Å². The SMILES string of the molecule is COc1ccc(C(=O)Nc2ccc3c(c2)N(CCCCOc2ccccc2C)C(=O)CO3)cc1. The van der Waals surface area contributed by atoms with Crippen LogP contribution in [0.25, 0.3) is 0 Å². The Morgan fingerprint density at radius 3 is 2.62 bits per heavy atom. The van der Waals surface area contributed by atoms with E-state index in [9.17, 15) is 9.59 Å². The van der Waals surface area contributed by atoms with Gasteiger partial charge in [-0.2, -0.15) is 0 Å². The highest BCUT2D eigenvalue weighted by molar-refractivity contribution is 6.05. The topological polar surface area (TPSA) is 77.1 Å². The van der Waals surface area contributed by atoms with Crippen LogP contribution in [0.4, 0.5) is 11.4 Å². The van der Waals surface area contributed by atoms with Crippen LogP contribution in [-0.2, 0) is 4.79 Å². The average Bonchev–Trinajstić information content (AvgIpc) is 2.86. The fourth-order valence-electron chi connectivity index (χ4n) is 3.74. The molecule has 2 amide bonds. The number of benzene rings is 3. The van der Waals surface area contributed by atoms with Crippen molar-refractivity contribution in [3.63, 3.8) is 0 Å². The highest BCUT2D eigenvalue weighted by atomic mass is 16.5. The highest BCUT2D eigenvalue weighted by Gasteiger charge is 2.25. The van der Waals surface area contributed by atoms with E-state index in [-0.39, 0.29) is 18.4 Å². The van der Waals surface area contributed by atoms with E-state index in [1.54, 1.807) is 54.5 Å². The van der Waals surface area contributed by atoms with Gasteiger partial charge in [-0.3, -0.25) is 9.59 Å². The van der Waals surface area contributed by atoms with Crippen LogP contribution in [0.5, 0.6) is 17.2 Å². The molecule has 0 saturated heterocycles. The molecule has 4 rings (SSSR count). The first-order chi connectivity index (χ1) is 16.5. The number of anilines is 2. The Morgan fingerprint density at radius 2 is 1.85 bits per heavy atom. The molecule has 7 heteroatoms. The Kier molecular flexibility index (Phi) is 7.32. The van der Waals surface area contributed by atoms with Crippen LogP contribution in [0, 0.1) is 6.92 Å². The molecule has 0 unspecified atom stereocenters. The zero-order chi connectivity index (χ0) is 23.9. The van der Waals surface area contributed by atoms with Crippen molar-refractivity contribution < 1.29 is 23.8 Å². The molecule has 0 spiro atoms. The van der Waals surface area contributed by atoms with Gasteiger partial charge < -0.3 is 24.4 Å². The first kappa shape index (κ1) is 23.2. The van der Waals surface area contributed by atoms with Crippen molar-refractivity contribution in [2.75, 3.05) is 37.1 Å². The number of fused-ring (bicyclic) bond motifs is 1. The summed E-state index contributed by atoms with van der Waals surface area (Å²) >= 11 is 0. The van der Waals surface area contributed by atoms with Crippen LogP contribution in [0.1, 0.15) is 28.8 Å². The molecule has 7 nitrogen and oxygen atoms in total. The summed E-state index contributed by atoms with van der Waals surface area (Å²) in [5.41, 5.74) is 2.86. The number of ether oxygens (including phenoxy) is 3. The number of hydrogen-bond acceptors (Lipinski definition) is 5. The molecule has 0 aliphatic carbocycles. The monoisotopic (exact) mass is 460 g/mol. The molecule has 3 aromatic carbocycles. The second-order valence-electron chi connectivity index (χ2n) is 8.02. The number of hydrogen-bond donors (Lipinski definition) is 1. The zero-order valence-corrected chi connectivity index (χ0v) is 19.4. The Balaban J connectivity index is 1.37. The third-order valence-corrected chi connectivity index (χ3v) is 5.64. The maximum Gasteiger partial charge on any atom is 0.265 e. The Bertz CT molecular complexity index is 1160. The third kappa shape index (κ3) is 5.49. The summed E-state index contributed by atoms with van der Waals surface area (Å²) < 4.78 is 16.6. The first-order valence-electron chi connectivity index (χ1n) is 11.3. The number of carbonyl (C=O) groups is 2. The molecule has 176 valence electrons. The van der Waals surface area contributed by atoms with Crippen molar-refractivity contribution in [2.24, 2.45) is 0 Å². The van der Waals surface area contributed by atoms with Crippen LogP contribution >= 0.6 is 0 Å². The van der Waals surface area contributed by atoms with Crippen molar-refractivity contribution in [3.05, 3.63) is 77.9 Å². The van der Waals surface area contributed by atoms with Gasteiger partial charge >= 0.3 is 0 Å². The molecule has 34 heavy (non-hydrogen) atoms. The molecule has 0 fully saturated rings. The molecule has 1 N–H and O–H groups in total. The second-order valence-corrected chi connectivity index (χ2v) is 8.02. The van der Waals surface area contributed by atoms with Crippen LogP contribution in [-0.4, -0.2) is 38.7 Å². The summed E-state index contributed by atoms with van der Waals surface area (Å²) in [6, 6.07) is 20.1. The maximum atomic E-state index is 12.6. The summed E-state index contributed by atoms with van der Waals surface area (Å²) in [6.07, 6.45) is 1.59. The van der Waals surface area contributed by atoms with Gasteiger partial charge in [-0.25, -0.2) is 0 Å². The van der Waals surface area contributed by atoms with Gasteiger partial charge in [0.2, 0.25) is 0 Å². The number of methoxy groups -OCH3 is 1. The Morgan fingerprint density at radius 1 is 1.06 bits per heavy atom. The fourth-order valence-corrected chi connectivity index (χ4v) is 3.74. The van der Waals surface area contributed by atoms with Gasteiger partial charge in [-0.1, -0.05) is 18.2 Å². The predicted octanol–water partition coefficient (Wildman–Crippen LogP) is 4.84. The van der Waals surface area contributed by atoms with E-state index in [0.29, 0.717) is 41.6 Å². The molecule has 1 aliphatic heterocycles. The number of aryl methyl sites for hydroxylation is 1. The number of amides is 2. The molecule has 0 radical (unpaired) electrons. The summed E-state index contributed by atoms with van der Waals surface area (Å²) in [7, 11) is 1.58. The van der Waals surface area contributed by atoms with E-state index < -0.39 is 0 Å². The maximum absolute atomic E-state index is 12.6. The highest BCUT2D eigenvalue weighted by Crippen LogP contribution is 2.35. The van der Waals surface area contributed by atoms with Gasteiger partial charge in [0.25, 0.3) is 11.8 Å². The van der Waals surface area contributed by atoms with E-state index in [0.717, 1.165) is 24.2 Å². The van der Waals surface area contributed by atoms with Crippen LogP contribution in [0.3, 0.4) is 0 Å². The molecule has 0 atom stereocenters. The summed E-state index contributed by atoms with van der Waals surface area (Å²) in [5, 5.41) is 2.89. The normalized spacial score (nSPS) is 12.5. The predicted molar refractivity (Wildman–Crippen MR) is 131 cm³/mol. The third-order valence-electron chi connectivity index (χ3n) is 5.64. The molecule has 0 saturated carbocycles.